The molecule has 1 heterocycles. The van der Waals surface area contributed by atoms with Gasteiger partial charge >= 0.3 is 0 Å². The Hall–Kier alpha value is -2.14. The molecule has 1 aromatic heterocycles. The van der Waals surface area contributed by atoms with Crippen molar-refractivity contribution in [3.63, 3.8) is 0 Å². The van der Waals surface area contributed by atoms with Gasteiger partial charge in [-0.15, -0.1) is 0 Å². The smallest absolute Gasteiger partial charge is 0.255 e. The fraction of sp³-hybridized carbons (Fsp3) is 0.375. The zero-order valence-corrected chi connectivity index (χ0v) is 12.9. The first-order valence-electron chi connectivity index (χ1n) is 7.01. The minimum atomic E-state index is -0.140. The molecule has 0 radical (unpaired) electrons. The number of ether oxygens (including phenoxy) is 1. The van der Waals surface area contributed by atoms with Gasteiger partial charge in [0.25, 0.3) is 5.91 Å². The molecule has 5 nitrogen and oxygen atoms in total. The van der Waals surface area contributed by atoms with Crippen LogP contribution < -0.4 is 5.32 Å². The summed E-state index contributed by atoms with van der Waals surface area (Å²) in [5, 5.41) is 9.79. The highest BCUT2D eigenvalue weighted by molar-refractivity contribution is 6.04. The molecule has 1 aromatic carbocycles. The number of rotatable bonds is 5. The Morgan fingerprint density at radius 3 is 2.48 bits per heavy atom. The van der Waals surface area contributed by atoms with Gasteiger partial charge in [-0.3, -0.25) is 9.89 Å². The van der Waals surface area contributed by atoms with Crippen LogP contribution in [0.3, 0.4) is 0 Å². The maximum absolute atomic E-state index is 12.2. The van der Waals surface area contributed by atoms with Gasteiger partial charge in [0.15, 0.2) is 0 Å². The number of nitrogens with zero attached hydrogens (tertiary/aromatic N) is 1. The van der Waals surface area contributed by atoms with Crippen LogP contribution >= 0.6 is 0 Å². The monoisotopic (exact) mass is 287 g/mol. The van der Waals surface area contributed by atoms with E-state index in [9.17, 15) is 4.79 Å². The zero-order chi connectivity index (χ0) is 15.4. The van der Waals surface area contributed by atoms with Crippen LogP contribution in [0.4, 0.5) is 5.69 Å². The van der Waals surface area contributed by atoms with Gasteiger partial charge in [-0.05, 0) is 45.4 Å². The van der Waals surface area contributed by atoms with Crippen molar-refractivity contribution >= 4 is 11.6 Å². The third-order valence-electron chi connectivity index (χ3n) is 3.17. The van der Waals surface area contributed by atoms with E-state index < -0.39 is 0 Å². The number of hydrogen-bond acceptors (Lipinski definition) is 3. The maximum Gasteiger partial charge on any atom is 0.255 e. The summed E-state index contributed by atoms with van der Waals surface area (Å²) in [6.45, 7) is 8.28. The van der Waals surface area contributed by atoms with Gasteiger partial charge in [0, 0.05) is 5.56 Å². The number of aromatic nitrogens is 2. The summed E-state index contributed by atoms with van der Waals surface area (Å²) in [5.74, 6) is -0.140. The number of aromatic amines is 1. The predicted molar refractivity (Wildman–Crippen MR) is 82.4 cm³/mol. The third kappa shape index (κ3) is 3.92. The number of nitrogens with one attached hydrogen (secondary N) is 2. The molecule has 0 atom stereocenters. The molecular weight excluding hydrogens is 266 g/mol. The van der Waals surface area contributed by atoms with Crippen LogP contribution in [-0.2, 0) is 11.3 Å². The number of aryl methyl sites for hydroxylation is 2. The first-order valence-corrected chi connectivity index (χ1v) is 7.01. The molecule has 5 heteroatoms. The van der Waals surface area contributed by atoms with Crippen LogP contribution in [0.25, 0.3) is 0 Å². The molecule has 21 heavy (non-hydrogen) atoms. The summed E-state index contributed by atoms with van der Waals surface area (Å²) in [7, 11) is 0. The number of carbonyl (C=O) groups excluding carboxylic acids is 1. The van der Waals surface area contributed by atoms with Crippen LogP contribution in [0.15, 0.2) is 24.3 Å². The molecule has 0 aliphatic carbocycles. The molecule has 112 valence electrons. The lowest BCUT2D eigenvalue weighted by atomic mass is 10.1. The number of amides is 1. The number of H-pyrrole nitrogens is 1. The minimum Gasteiger partial charge on any atom is -0.374 e. The Balaban J connectivity index is 2.03. The Morgan fingerprint density at radius 2 is 1.95 bits per heavy atom. The molecule has 0 saturated heterocycles. The molecular formula is C16H21N3O2. The highest BCUT2D eigenvalue weighted by Crippen LogP contribution is 2.17. The highest BCUT2D eigenvalue weighted by atomic mass is 16.5. The molecule has 0 unspecified atom stereocenters. The molecule has 0 spiro atoms. The normalized spacial score (nSPS) is 10.9. The summed E-state index contributed by atoms with van der Waals surface area (Å²) in [4.78, 5) is 12.2. The van der Waals surface area contributed by atoms with Gasteiger partial charge in [-0.2, -0.15) is 5.10 Å². The lowest BCUT2D eigenvalue weighted by molar-refractivity contribution is 0.0657. The van der Waals surface area contributed by atoms with Gasteiger partial charge in [0.1, 0.15) is 0 Å². The Kier molecular flexibility index (Phi) is 4.75. The Morgan fingerprint density at radius 1 is 1.29 bits per heavy atom. The van der Waals surface area contributed by atoms with Gasteiger partial charge in [-0.1, -0.05) is 12.1 Å². The van der Waals surface area contributed by atoms with E-state index in [1.165, 1.54) is 0 Å². The van der Waals surface area contributed by atoms with E-state index in [0.29, 0.717) is 12.2 Å². The van der Waals surface area contributed by atoms with Crippen LogP contribution in [0, 0.1) is 13.8 Å². The molecule has 2 N–H and O–H groups in total. The molecule has 0 fully saturated rings. The molecule has 1 amide bonds. The average molecular weight is 287 g/mol. The van der Waals surface area contributed by atoms with Gasteiger partial charge in [-0.25, -0.2) is 0 Å². The lowest BCUT2D eigenvalue weighted by Gasteiger charge is -2.09. The SMILES string of the molecule is Cc1n[nH]c(C)c1NC(=O)c1ccc(COC(C)C)cc1. The van der Waals surface area contributed by atoms with Crippen molar-refractivity contribution in [1.82, 2.24) is 10.2 Å². The van der Waals surface area contributed by atoms with Crippen molar-refractivity contribution in [3.8, 4) is 0 Å². The zero-order valence-electron chi connectivity index (χ0n) is 12.9. The van der Waals surface area contributed by atoms with Gasteiger partial charge in [0.2, 0.25) is 0 Å². The second-order valence-corrected chi connectivity index (χ2v) is 5.32. The topological polar surface area (TPSA) is 67.0 Å². The maximum atomic E-state index is 12.2. The summed E-state index contributed by atoms with van der Waals surface area (Å²) < 4.78 is 5.53. The molecule has 2 aromatic rings. The Labute approximate surface area is 124 Å². The van der Waals surface area contributed by atoms with Crippen LogP contribution in [0.2, 0.25) is 0 Å². The Bertz CT molecular complexity index is 595. The summed E-state index contributed by atoms with van der Waals surface area (Å²) in [6, 6.07) is 7.43. The fourth-order valence-electron chi connectivity index (χ4n) is 1.94. The van der Waals surface area contributed by atoms with Crippen molar-refractivity contribution in [2.75, 3.05) is 5.32 Å². The molecule has 0 saturated carbocycles. The summed E-state index contributed by atoms with van der Waals surface area (Å²) >= 11 is 0. The van der Waals surface area contributed by atoms with E-state index >= 15 is 0 Å². The van der Waals surface area contributed by atoms with E-state index in [-0.39, 0.29) is 12.0 Å². The van der Waals surface area contributed by atoms with Crippen LogP contribution in [-0.4, -0.2) is 22.2 Å². The molecule has 0 bridgehead atoms. The van der Waals surface area contributed by atoms with Crippen molar-refractivity contribution in [2.24, 2.45) is 0 Å². The lowest BCUT2D eigenvalue weighted by Crippen LogP contribution is -2.13. The van der Waals surface area contributed by atoms with E-state index in [2.05, 4.69) is 15.5 Å². The highest BCUT2D eigenvalue weighted by Gasteiger charge is 2.11. The first-order chi connectivity index (χ1) is 9.97. The first kappa shape index (κ1) is 15.3. The largest absolute Gasteiger partial charge is 0.374 e. The average Bonchev–Trinajstić information content (AvgIpc) is 2.77. The van der Waals surface area contributed by atoms with E-state index in [1.54, 1.807) is 12.1 Å². The minimum absolute atomic E-state index is 0.140. The van der Waals surface area contributed by atoms with Gasteiger partial charge in [0.05, 0.1) is 29.8 Å². The van der Waals surface area contributed by atoms with Crippen molar-refractivity contribution in [3.05, 3.63) is 46.8 Å². The van der Waals surface area contributed by atoms with Crippen LogP contribution in [0.1, 0.15) is 41.2 Å². The standard InChI is InChI=1S/C16H21N3O2/c1-10(2)21-9-13-5-7-14(8-6-13)16(20)17-15-11(3)18-19-12(15)4/h5-8,10H,9H2,1-4H3,(H,17,20)(H,18,19). The predicted octanol–water partition coefficient (Wildman–Crippen LogP) is 3.20. The fourth-order valence-corrected chi connectivity index (χ4v) is 1.94. The van der Waals surface area contributed by atoms with Crippen molar-refractivity contribution < 1.29 is 9.53 Å². The summed E-state index contributed by atoms with van der Waals surface area (Å²) in [6.07, 6.45) is 0.194. The third-order valence-corrected chi connectivity index (χ3v) is 3.17. The van der Waals surface area contributed by atoms with Crippen molar-refractivity contribution in [1.29, 1.82) is 0 Å². The van der Waals surface area contributed by atoms with Crippen LogP contribution in [0.5, 0.6) is 0 Å². The second-order valence-electron chi connectivity index (χ2n) is 5.32. The number of anilines is 1. The molecule has 0 aliphatic heterocycles. The molecule has 2 rings (SSSR count). The van der Waals surface area contributed by atoms with E-state index in [4.69, 9.17) is 4.74 Å². The number of benzene rings is 1. The van der Waals surface area contributed by atoms with Gasteiger partial charge < -0.3 is 10.1 Å². The number of hydrogen-bond donors (Lipinski definition) is 2. The van der Waals surface area contributed by atoms with Crippen molar-refractivity contribution in [2.45, 2.75) is 40.4 Å². The van der Waals surface area contributed by atoms with E-state index in [0.717, 1.165) is 22.6 Å². The quantitative estimate of drug-likeness (QED) is 0.887. The second kappa shape index (κ2) is 6.54. The number of carbonyl (C=O) groups is 1. The van der Waals surface area contributed by atoms with E-state index in [1.807, 2.05) is 39.8 Å². The summed E-state index contributed by atoms with van der Waals surface area (Å²) in [5.41, 5.74) is 4.04. The molecule has 0 aliphatic rings.